The van der Waals surface area contributed by atoms with Crippen molar-refractivity contribution in [3.63, 3.8) is 0 Å². The summed E-state index contributed by atoms with van der Waals surface area (Å²) in [7, 11) is -1.66. The molecule has 0 aromatic heterocycles. The molecule has 0 spiro atoms. The molecular formula is C29H53NO3Si. The summed E-state index contributed by atoms with van der Waals surface area (Å²) >= 11 is 0. The topological polar surface area (TPSA) is 41.9 Å². The number of aliphatic hydroxyl groups excluding tert-OH is 1. The fraction of sp³-hybridized carbons (Fsp3) is 0.655. The van der Waals surface area contributed by atoms with Gasteiger partial charge in [0.15, 0.2) is 8.32 Å². The van der Waals surface area contributed by atoms with Crippen molar-refractivity contribution in [2.75, 3.05) is 19.8 Å². The largest absolute Gasteiger partial charge is 0.396 e. The Hall–Kier alpha value is -1.40. The van der Waals surface area contributed by atoms with Crippen molar-refractivity contribution in [1.29, 1.82) is 0 Å². The van der Waals surface area contributed by atoms with Crippen LogP contribution in [0.25, 0.3) is 0 Å². The molecule has 0 amide bonds. The van der Waals surface area contributed by atoms with Crippen LogP contribution < -0.4 is 0 Å². The second-order valence-electron chi connectivity index (χ2n) is 9.32. The predicted molar refractivity (Wildman–Crippen MR) is 151 cm³/mol. The average molecular weight is 492 g/mol. The summed E-state index contributed by atoms with van der Waals surface area (Å²) in [6.45, 7) is 14.6. The Morgan fingerprint density at radius 2 is 1.62 bits per heavy atom. The van der Waals surface area contributed by atoms with Gasteiger partial charge in [0, 0.05) is 25.6 Å². The molecule has 0 aliphatic carbocycles. The Morgan fingerprint density at radius 3 is 2.29 bits per heavy atom. The van der Waals surface area contributed by atoms with Gasteiger partial charge in [0.25, 0.3) is 0 Å². The van der Waals surface area contributed by atoms with Crippen LogP contribution in [0.15, 0.2) is 61.5 Å². The normalized spacial score (nSPS) is 13.7. The highest BCUT2D eigenvalue weighted by Crippen LogP contribution is 2.20. The Labute approximate surface area is 212 Å². The van der Waals surface area contributed by atoms with Gasteiger partial charge in [-0.1, -0.05) is 82.9 Å². The summed E-state index contributed by atoms with van der Waals surface area (Å²) < 4.78 is 12.7. The van der Waals surface area contributed by atoms with Gasteiger partial charge in [0.2, 0.25) is 0 Å². The van der Waals surface area contributed by atoms with Crippen LogP contribution in [0.5, 0.6) is 0 Å². The average Bonchev–Trinajstić information content (AvgIpc) is 2.80. The zero-order chi connectivity index (χ0) is 25.3. The van der Waals surface area contributed by atoms with E-state index in [-0.39, 0.29) is 12.9 Å². The highest BCUT2D eigenvalue weighted by Gasteiger charge is 2.25. The maximum Gasteiger partial charge on any atom is 0.190 e. The first kappa shape index (κ1) is 32.6. The van der Waals surface area contributed by atoms with Gasteiger partial charge < -0.3 is 19.2 Å². The molecule has 0 aliphatic rings. The number of rotatable bonds is 23. The molecule has 1 unspecified atom stereocenters. The van der Waals surface area contributed by atoms with E-state index in [4.69, 9.17) is 14.3 Å². The molecule has 0 aromatic rings. The Bertz CT molecular complexity index is 584. The van der Waals surface area contributed by atoms with Gasteiger partial charge in [0.05, 0.1) is 6.61 Å². The second kappa shape index (κ2) is 23.3. The van der Waals surface area contributed by atoms with Crippen LogP contribution in [0.1, 0.15) is 78.1 Å². The van der Waals surface area contributed by atoms with Crippen molar-refractivity contribution in [3.05, 3.63) is 61.5 Å². The van der Waals surface area contributed by atoms with Crippen LogP contribution in [0.2, 0.25) is 19.1 Å². The van der Waals surface area contributed by atoms with E-state index in [1.165, 1.54) is 44.6 Å². The van der Waals surface area contributed by atoms with E-state index in [0.29, 0.717) is 6.61 Å². The molecule has 0 aromatic carbocycles. The van der Waals surface area contributed by atoms with Crippen molar-refractivity contribution < 1.29 is 14.3 Å². The number of hydrogen-bond acceptors (Lipinski definition) is 4. The lowest BCUT2D eigenvalue weighted by Gasteiger charge is -2.29. The van der Waals surface area contributed by atoms with Gasteiger partial charge in [-0.3, -0.25) is 0 Å². The summed E-state index contributed by atoms with van der Waals surface area (Å²) in [6, 6.07) is 1.18. The summed E-state index contributed by atoms with van der Waals surface area (Å²) in [4.78, 5) is 2.13. The molecule has 5 heteroatoms. The molecule has 0 radical (unpaired) electrons. The minimum atomic E-state index is -1.66. The van der Waals surface area contributed by atoms with Crippen molar-refractivity contribution >= 4 is 8.32 Å². The van der Waals surface area contributed by atoms with Crippen molar-refractivity contribution in [2.24, 2.45) is 0 Å². The van der Waals surface area contributed by atoms with E-state index < -0.39 is 8.32 Å². The zero-order valence-corrected chi connectivity index (χ0v) is 23.6. The van der Waals surface area contributed by atoms with Gasteiger partial charge in [-0.2, -0.15) is 0 Å². The number of allylic oxidation sites excluding steroid dienone is 6. The minimum Gasteiger partial charge on any atom is -0.396 e. The first-order chi connectivity index (χ1) is 16.5. The molecule has 34 heavy (non-hydrogen) atoms. The lowest BCUT2D eigenvalue weighted by molar-refractivity contribution is -0.0901. The Morgan fingerprint density at radius 1 is 0.882 bits per heavy atom. The molecule has 0 bridgehead atoms. The van der Waals surface area contributed by atoms with Crippen LogP contribution in [-0.2, 0) is 9.16 Å². The SMILES string of the molecule is C=CC=CC=CN(C=CC=CCCOC(CCCCCCC)O[Si](C)(C)CCC)CCCCO. The van der Waals surface area contributed by atoms with E-state index in [0.717, 1.165) is 32.2 Å². The van der Waals surface area contributed by atoms with E-state index in [2.05, 4.69) is 62.8 Å². The lowest BCUT2D eigenvalue weighted by atomic mass is 10.1. The van der Waals surface area contributed by atoms with Gasteiger partial charge >= 0.3 is 0 Å². The van der Waals surface area contributed by atoms with E-state index in [9.17, 15) is 0 Å². The lowest BCUT2D eigenvalue weighted by Crippen LogP contribution is -2.36. The fourth-order valence-electron chi connectivity index (χ4n) is 3.62. The Kier molecular flexibility index (Phi) is 22.4. The zero-order valence-electron chi connectivity index (χ0n) is 22.6. The van der Waals surface area contributed by atoms with Gasteiger partial charge in [0.1, 0.15) is 6.29 Å². The van der Waals surface area contributed by atoms with Crippen LogP contribution in [-0.4, -0.2) is 44.4 Å². The number of aliphatic hydroxyl groups is 1. The monoisotopic (exact) mass is 491 g/mol. The fourth-order valence-corrected chi connectivity index (χ4v) is 5.84. The van der Waals surface area contributed by atoms with Crippen LogP contribution >= 0.6 is 0 Å². The number of ether oxygens (including phenoxy) is 1. The molecule has 0 fully saturated rings. The van der Waals surface area contributed by atoms with Gasteiger partial charge in [-0.15, -0.1) is 0 Å². The molecule has 4 nitrogen and oxygen atoms in total. The molecule has 0 aliphatic heterocycles. The third kappa shape index (κ3) is 21.2. The first-order valence-electron chi connectivity index (χ1n) is 13.4. The molecule has 1 atom stereocenters. The number of nitrogens with zero attached hydrogens (tertiary/aromatic N) is 1. The molecule has 0 saturated carbocycles. The number of unbranched alkanes of at least 4 members (excludes halogenated alkanes) is 5. The second-order valence-corrected chi connectivity index (χ2v) is 13.6. The van der Waals surface area contributed by atoms with Crippen LogP contribution in [0.3, 0.4) is 0 Å². The standard InChI is InChI=1S/C29H53NO3Si/c1-6-9-11-13-16-22-29(33-34(4,5)28-8-3)32-27-21-15-14-18-24-30(25-19-20-26-31)23-17-12-10-7-2/h7,10,12,14-15,17-18,23-24,29,31H,2,6,8-9,11,13,16,19-22,25-28H2,1,3-5H3. The third-order valence-electron chi connectivity index (χ3n) is 5.42. The van der Waals surface area contributed by atoms with E-state index in [1.807, 2.05) is 24.4 Å². The Balaban J connectivity index is 4.58. The molecule has 196 valence electrons. The van der Waals surface area contributed by atoms with Crippen molar-refractivity contribution in [1.82, 2.24) is 4.90 Å². The van der Waals surface area contributed by atoms with E-state index in [1.54, 1.807) is 6.08 Å². The van der Waals surface area contributed by atoms with Crippen LogP contribution in [0, 0.1) is 0 Å². The summed E-state index contributed by atoms with van der Waals surface area (Å²) in [5, 5.41) is 9.03. The van der Waals surface area contributed by atoms with Gasteiger partial charge in [-0.25, -0.2) is 0 Å². The quantitative estimate of drug-likeness (QED) is 0.0678. The van der Waals surface area contributed by atoms with Crippen molar-refractivity contribution in [3.8, 4) is 0 Å². The van der Waals surface area contributed by atoms with E-state index >= 15 is 0 Å². The summed E-state index contributed by atoms with van der Waals surface area (Å²) in [6.07, 6.45) is 29.1. The highest BCUT2D eigenvalue weighted by atomic mass is 28.4. The summed E-state index contributed by atoms with van der Waals surface area (Å²) in [5.41, 5.74) is 0. The molecular weight excluding hydrogens is 438 g/mol. The maximum absolute atomic E-state index is 9.03. The minimum absolute atomic E-state index is 0.0606. The predicted octanol–water partition coefficient (Wildman–Crippen LogP) is 8.11. The third-order valence-corrected chi connectivity index (χ3v) is 8.02. The summed E-state index contributed by atoms with van der Waals surface area (Å²) in [5.74, 6) is 0. The van der Waals surface area contributed by atoms with Crippen LogP contribution in [0.4, 0.5) is 0 Å². The molecule has 1 N–H and O–H groups in total. The number of hydrogen-bond donors (Lipinski definition) is 1. The smallest absolute Gasteiger partial charge is 0.190 e. The molecule has 0 saturated heterocycles. The van der Waals surface area contributed by atoms with Crippen molar-refractivity contribution in [2.45, 2.75) is 103 Å². The maximum atomic E-state index is 9.03. The van der Waals surface area contributed by atoms with Gasteiger partial charge in [-0.05, 0) is 63.4 Å². The molecule has 0 rings (SSSR count). The molecule has 0 heterocycles. The first-order valence-corrected chi connectivity index (χ1v) is 16.6. The highest BCUT2D eigenvalue weighted by molar-refractivity contribution is 6.71.